The molecule has 0 saturated carbocycles. The lowest BCUT2D eigenvalue weighted by atomic mass is 9.94. The van der Waals surface area contributed by atoms with E-state index in [1.807, 2.05) is 11.8 Å². The molecule has 2 aromatic carbocycles. The SMILES string of the molecule is Cc1cc(N2CCN(CC3CCN(c4c(F)cccc4C(N)=O)CC3)CC2)cc2c1C(=O)N(C1CCC(=O)NC1=O)C2. The van der Waals surface area contributed by atoms with E-state index in [1.54, 1.807) is 11.0 Å². The number of fused-ring (bicyclic) bond motifs is 1. The highest BCUT2D eigenvalue weighted by atomic mass is 19.1. The van der Waals surface area contributed by atoms with Crippen molar-refractivity contribution < 1.29 is 23.6 Å². The number of nitrogens with zero attached hydrogens (tertiary/aromatic N) is 4. The standard InChI is InChI=1S/C31H37FN6O4/c1-19-15-22(16-21-18-38(31(42)27(19)21)25-5-6-26(39)34-30(25)41)36-13-11-35(12-14-36)17-20-7-9-37(10-8-20)28-23(29(33)40)3-2-4-24(28)32/h2-4,15-16,20,25H,5-14,17-18H2,1H3,(H2,33,40)(H,34,39,41). The van der Waals surface area contributed by atoms with Crippen molar-refractivity contribution in [3.8, 4) is 0 Å². The molecule has 1 unspecified atom stereocenters. The number of para-hydroxylation sites is 1. The summed E-state index contributed by atoms with van der Waals surface area (Å²) in [6.45, 7) is 8.29. The van der Waals surface area contributed by atoms with E-state index < -0.39 is 23.7 Å². The molecule has 0 aromatic heterocycles. The van der Waals surface area contributed by atoms with E-state index in [2.05, 4.69) is 27.2 Å². The van der Waals surface area contributed by atoms with Gasteiger partial charge >= 0.3 is 0 Å². The van der Waals surface area contributed by atoms with Gasteiger partial charge in [0.15, 0.2) is 0 Å². The van der Waals surface area contributed by atoms with Crippen molar-refractivity contribution in [2.75, 3.05) is 55.6 Å². The second kappa shape index (κ2) is 11.4. The molecule has 0 radical (unpaired) electrons. The number of carbonyl (C=O) groups excluding carboxylic acids is 4. The third-order valence-electron chi connectivity index (χ3n) is 9.24. The van der Waals surface area contributed by atoms with Crippen molar-refractivity contribution in [3.63, 3.8) is 0 Å². The van der Waals surface area contributed by atoms with Crippen LogP contribution >= 0.6 is 0 Å². The maximum absolute atomic E-state index is 14.6. The number of primary amides is 1. The average molecular weight is 577 g/mol. The largest absolute Gasteiger partial charge is 0.369 e. The molecule has 4 amide bonds. The summed E-state index contributed by atoms with van der Waals surface area (Å²) in [5.41, 5.74) is 9.66. The molecule has 10 nitrogen and oxygen atoms in total. The molecule has 3 saturated heterocycles. The maximum atomic E-state index is 14.6. The molecule has 3 fully saturated rings. The van der Waals surface area contributed by atoms with E-state index in [-0.39, 0.29) is 23.8 Å². The number of nitrogens with one attached hydrogen (secondary N) is 1. The zero-order chi connectivity index (χ0) is 29.5. The number of carbonyl (C=O) groups is 4. The Hall–Kier alpha value is -3.99. The van der Waals surface area contributed by atoms with Crippen LogP contribution in [0.4, 0.5) is 15.8 Å². The fraction of sp³-hybridized carbons (Fsp3) is 0.484. The van der Waals surface area contributed by atoms with Gasteiger partial charge in [-0.3, -0.25) is 29.4 Å². The van der Waals surface area contributed by atoms with E-state index >= 15 is 0 Å². The Balaban J connectivity index is 1.03. The first-order chi connectivity index (χ1) is 20.2. The zero-order valence-electron chi connectivity index (χ0n) is 23.9. The van der Waals surface area contributed by atoms with Gasteiger partial charge in [0.05, 0.1) is 11.3 Å². The van der Waals surface area contributed by atoms with Crippen LogP contribution in [0, 0.1) is 18.7 Å². The molecule has 0 aliphatic carbocycles. The molecule has 4 heterocycles. The number of nitrogens with two attached hydrogens (primary N) is 1. The molecule has 0 spiro atoms. The molecule has 4 aliphatic rings. The van der Waals surface area contributed by atoms with Gasteiger partial charge in [-0.25, -0.2) is 4.39 Å². The van der Waals surface area contributed by atoms with Gasteiger partial charge in [-0.15, -0.1) is 0 Å². The van der Waals surface area contributed by atoms with Crippen molar-refractivity contribution in [1.29, 1.82) is 0 Å². The number of hydrogen-bond acceptors (Lipinski definition) is 7. The molecular formula is C31H37FN6O4. The van der Waals surface area contributed by atoms with Gasteiger partial charge in [-0.1, -0.05) is 6.07 Å². The summed E-state index contributed by atoms with van der Waals surface area (Å²) in [7, 11) is 0. The van der Waals surface area contributed by atoms with Crippen molar-refractivity contribution in [3.05, 3.63) is 58.4 Å². The molecule has 11 heteroatoms. The number of anilines is 2. The van der Waals surface area contributed by atoms with E-state index in [4.69, 9.17) is 5.73 Å². The Morgan fingerprint density at radius 2 is 1.74 bits per heavy atom. The Morgan fingerprint density at radius 3 is 2.43 bits per heavy atom. The number of halogens is 1. The first-order valence-electron chi connectivity index (χ1n) is 14.8. The van der Waals surface area contributed by atoms with Crippen LogP contribution in [0.1, 0.15) is 57.5 Å². The number of amides is 4. The number of piperazine rings is 1. The van der Waals surface area contributed by atoms with Crippen molar-refractivity contribution in [1.82, 2.24) is 15.1 Å². The summed E-state index contributed by atoms with van der Waals surface area (Å²) in [6, 6.07) is 8.02. The molecule has 0 bridgehead atoms. The average Bonchev–Trinajstić information content (AvgIpc) is 3.30. The van der Waals surface area contributed by atoms with Crippen LogP contribution in [0.2, 0.25) is 0 Å². The fourth-order valence-electron chi connectivity index (χ4n) is 7.01. The minimum absolute atomic E-state index is 0.139. The van der Waals surface area contributed by atoms with Crippen molar-refractivity contribution in [2.45, 2.75) is 45.2 Å². The van der Waals surface area contributed by atoms with Crippen LogP contribution in [0.25, 0.3) is 0 Å². The molecule has 6 rings (SSSR count). The Bertz CT molecular complexity index is 1430. The van der Waals surface area contributed by atoms with Gasteiger partial charge < -0.3 is 20.4 Å². The Kier molecular flexibility index (Phi) is 7.61. The summed E-state index contributed by atoms with van der Waals surface area (Å²) in [6.07, 6.45) is 2.45. The van der Waals surface area contributed by atoms with Gasteiger partial charge in [0.1, 0.15) is 11.9 Å². The quantitative estimate of drug-likeness (QED) is 0.505. The highest BCUT2D eigenvalue weighted by Crippen LogP contribution is 2.34. The minimum Gasteiger partial charge on any atom is -0.369 e. The van der Waals surface area contributed by atoms with Crippen LogP contribution in [0.15, 0.2) is 30.3 Å². The monoisotopic (exact) mass is 576 g/mol. The summed E-state index contributed by atoms with van der Waals surface area (Å²) in [5, 5.41) is 2.36. The molecule has 42 heavy (non-hydrogen) atoms. The third kappa shape index (κ3) is 5.33. The second-order valence-corrected chi connectivity index (χ2v) is 11.9. The molecule has 4 aliphatic heterocycles. The minimum atomic E-state index is -0.613. The predicted octanol–water partition coefficient (Wildman–Crippen LogP) is 2.03. The number of benzene rings is 2. The van der Waals surface area contributed by atoms with Gasteiger partial charge in [-0.2, -0.15) is 0 Å². The fourth-order valence-corrected chi connectivity index (χ4v) is 7.01. The lowest BCUT2D eigenvalue weighted by Crippen LogP contribution is -2.52. The van der Waals surface area contributed by atoms with Gasteiger partial charge in [0.2, 0.25) is 11.8 Å². The normalized spacial score (nSPS) is 22.0. The highest BCUT2D eigenvalue weighted by molar-refractivity contribution is 6.06. The number of imide groups is 1. The molecule has 222 valence electrons. The van der Waals surface area contributed by atoms with Crippen LogP contribution in [0.5, 0.6) is 0 Å². The van der Waals surface area contributed by atoms with Crippen LogP contribution in [-0.2, 0) is 16.1 Å². The number of hydrogen-bond donors (Lipinski definition) is 2. The number of aryl methyl sites for hydroxylation is 1. The first kappa shape index (κ1) is 28.1. The highest BCUT2D eigenvalue weighted by Gasteiger charge is 2.40. The molecule has 3 N–H and O–H groups in total. The zero-order valence-corrected chi connectivity index (χ0v) is 23.9. The summed E-state index contributed by atoms with van der Waals surface area (Å²) in [4.78, 5) is 57.5. The lowest BCUT2D eigenvalue weighted by molar-refractivity contribution is -0.136. The van der Waals surface area contributed by atoms with E-state index in [0.717, 1.165) is 62.4 Å². The summed E-state index contributed by atoms with van der Waals surface area (Å²) in [5.74, 6) is -1.33. The molecule has 1 atom stereocenters. The Labute approximate surface area is 244 Å². The molecule has 2 aromatic rings. The van der Waals surface area contributed by atoms with E-state index in [0.29, 0.717) is 43.2 Å². The predicted molar refractivity (Wildman–Crippen MR) is 156 cm³/mol. The summed E-state index contributed by atoms with van der Waals surface area (Å²) < 4.78 is 14.6. The smallest absolute Gasteiger partial charge is 0.255 e. The van der Waals surface area contributed by atoms with Crippen molar-refractivity contribution >= 4 is 35.0 Å². The summed E-state index contributed by atoms with van der Waals surface area (Å²) >= 11 is 0. The van der Waals surface area contributed by atoms with E-state index in [9.17, 15) is 23.6 Å². The van der Waals surface area contributed by atoms with Gasteiger partial charge in [-0.05, 0) is 67.5 Å². The topological polar surface area (TPSA) is 119 Å². The van der Waals surface area contributed by atoms with E-state index in [1.165, 1.54) is 12.1 Å². The van der Waals surface area contributed by atoms with Crippen LogP contribution < -0.4 is 20.9 Å². The van der Waals surface area contributed by atoms with Gasteiger partial charge in [0.25, 0.3) is 11.8 Å². The maximum Gasteiger partial charge on any atom is 0.255 e. The Morgan fingerprint density at radius 1 is 1.00 bits per heavy atom. The van der Waals surface area contributed by atoms with Crippen LogP contribution in [0.3, 0.4) is 0 Å². The third-order valence-corrected chi connectivity index (χ3v) is 9.24. The number of piperidine rings is 2. The first-order valence-corrected chi connectivity index (χ1v) is 14.8. The number of rotatable bonds is 6. The second-order valence-electron chi connectivity index (χ2n) is 11.9. The molecular weight excluding hydrogens is 539 g/mol. The van der Waals surface area contributed by atoms with Gasteiger partial charge in [0, 0.05) is 70.0 Å². The lowest BCUT2D eigenvalue weighted by Gasteiger charge is -2.40. The van der Waals surface area contributed by atoms with Crippen molar-refractivity contribution in [2.24, 2.45) is 11.7 Å². The van der Waals surface area contributed by atoms with Crippen LogP contribution in [-0.4, -0.2) is 85.3 Å².